The molecule has 0 aromatic carbocycles. The number of aromatic nitrogens is 2. The minimum Gasteiger partial charge on any atom is -0.464 e. The van der Waals surface area contributed by atoms with Gasteiger partial charge in [-0.3, -0.25) is 0 Å². The molecule has 2 aromatic rings. The molecule has 2 aromatic heterocycles. The minimum atomic E-state index is -0.404. The predicted octanol–water partition coefficient (Wildman–Crippen LogP) is 1.66. The molecule has 0 aliphatic carbocycles. The number of carbonyl (C=O) groups excluding carboxylic acids is 1. The Labute approximate surface area is 80.9 Å². The number of aromatic amines is 1. The number of rotatable bonds is 1. The van der Waals surface area contributed by atoms with Gasteiger partial charge in [-0.25, -0.2) is 9.78 Å². The number of nitrogens with zero attached hydrogens (tertiary/aromatic N) is 1. The van der Waals surface area contributed by atoms with Gasteiger partial charge in [0.25, 0.3) is 0 Å². The fourth-order valence-electron chi connectivity index (χ4n) is 1.39. The van der Waals surface area contributed by atoms with E-state index in [1.54, 1.807) is 6.20 Å². The largest absolute Gasteiger partial charge is 0.464 e. The van der Waals surface area contributed by atoms with Crippen molar-refractivity contribution in [1.82, 2.24) is 9.97 Å². The molecule has 2 heterocycles. The molecule has 0 fully saturated rings. The van der Waals surface area contributed by atoms with Crippen LogP contribution in [0.2, 0.25) is 0 Å². The standard InChI is InChI=1S/C10H10N2O2/c1-6-5-7-3-4-11-9(7)12-8(6)10(13)14-2/h3-5H,1-2H3,(H,11,12). The molecule has 14 heavy (non-hydrogen) atoms. The molecule has 0 saturated heterocycles. The summed E-state index contributed by atoms with van der Waals surface area (Å²) in [4.78, 5) is 18.4. The highest BCUT2D eigenvalue weighted by Gasteiger charge is 2.12. The first-order valence-corrected chi connectivity index (χ1v) is 4.25. The topological polar surface area (TPSA) is 55.0 Å². The fraction of sp³-hybridized carbons (Fsp3) is 0.200. The zero-order valence-corrected chi connectivity index (χ0v) is 8.00. The van der Waals surface area contributed by atoms with Crippen molar-refractivity contribution in [3.05, 3.63) is 29.6 Å². The molecule has 1 N–H and O–H groups in total. The molecule has 0 unspecified atom stereocenters. The molecule has 0 radical (unpaired) electrons. The first-order chi connectivity index (χ1) is 6.72. The number of pyridine rings is 1. The van der Waals surface area contributed by atoms with Crippen molar-refractivity contribution in [2.24, 2.45) is 0 Å². The average Bonchev–Trinajstić information content (AvgIpc) is 2.62. The first-order valence-electron chi connectivity index (χ1n) is 4.25. The molecule has 4 heteroatoms. The summed E-state index contributed by atoms with van der Waals surface area (Å²) in [6, 6.07) is 3.82. The summed E-state index contributed by atoms with van der Waals surface area (Å²) in [5.41, 5.74) is 1.89. The van der Waals surface area contributed by atoms with E-state index in [-0.39, 0.29) is 0 Å². The Kier molecular flexibility index (Phi) is 1.96. The predicted molar refractivity (Wildman–Crippen MR) is 52.2 cm³/mol. The van der Waals surface area contributed by atoms with E-state index < -0.39 is 5.97 Å². The molecule has 0 spiro atoms. The molecule has 72 valence electrons. The van der Waals surface area contributed by atoms with E-state index in [2.05, 4.69) is 14.7 Å². The van der Waals surface area contributed by atoms with Gasteiger partial charge in [-0.15, -0.1) is 0 Å². The Hall–Kier alpha value is -1.84. The van der Waals surface area contributed by atoms with Crippen LogP contribution in [-0.2, 0) is 4.74 Å². The third-order valence-corrected chi connectivity index (χ3v) is 2.10. The number of esters is 1. The summed E-state index contributed by atoms with van der Waals surface area (Å²) in [6.07, 6.45) is 1.79. The van der Waals surface area contributed by atoms with Crippen LogP contribution in [0.15, 0.2) is 18.3 Å². The monoisotopic (exact) mass is 190 g/mol. The van der Waals surface area contributed by atoms with Crippen molar-refractivity contribution in [3.63, 3.8) is 0 Å². The maximum Gasteiger partial charge on any atom is 0.357 e. The number of fused-ring (bicyclic) bond motifs is 1. The summed E-state index contributed by atoms with van der Waals surface area (Å²) in [5.74, 6) is -0.404. The summed E-state index contributed by atoms with van der Waals surface area (Å²) in [6.45, 7) is 1.84. The number of ether oxygens (including phenoxy) is 1. The number of aryl methyl sites for hydroxylation is 1. The van der Waals surface area contributed by atoms with Crippen molar-refractivity contribution in [2.75, 3.05) is 7.11 Å². The van der Waals surface area contributed by atoms with Gasteiger partial charge in [0.2, 0.25) is 0 Å². The summed E-state index contributed by atoms with van der Waals surface area (Å²) in [7, 11) is 1.35. The van der Waals surface area contributed by atoms with Crippen LogP contribution in [0.25, 0.3) is 11.0 Å². The number of hydrogen-bond donors (Lipinski definition) is 1. The smallest absolute Gasteiger partial charge is 0.357 e. The number of hydrogen-bond acceptors (Lipinski definition) is 3. The first kappa shape index (κ1) is 8.74. The van der Waals surface area contributed by atoms with Gasteiger partial charge in [0.15, 0.2) is 5.69 Å². The van der Waals surface area contributed by atoms with Crippen LogP contribution in [0.1, 0.15) is 16.1 Å². The van der Waals surface area contributed by atoms with Crippen molar-refractivity contribution >= 4 is 17.0 Å². The fourth-order valence-corrected chi connectivity index (χ4v) is 1.39. The van der Waals surface area contributed by atoms with Crippen LogP contribution in [0.5, 0.6) is 0 Å². The van der Waals surface area contributed by atoms with Gasteiger partial charge in [0.05, 0.1) is 7.11 Å². The van der Waals surface area contributed by atoms with Gasteiger partial charge in [-0.2, -0.15) is 0 Å². The molecule has 0 aliphatic heterocycles. The number of carbonyl (C=O) groups is 1. The molecular weight excluding hydrogens is 180 g/mol. The maximum atomic E-state index is 11.3. The second-order valence-corrected chi connectivity index (χ2v) is 3.06. The van der Waals surface area contributed by atoms with Crippen LogP contribution in [0, 0.1) is 6.92 Å². The van der Waals surface area contributed by atoms with Crippen LogP contribution < -0.4 is 0 Å². The van der Waals surface area contributed by atoms with Crippen molar-refractivity contribution < 1.29 is 9.53 Å². The quantitative estimate of drug-likeness (QED) is 0.696. The molecule has 4 nitrogen and oxygen atoms in total. The second-order valence-electron chi connectivity index (χ2n) is 3.06. The zero-order valence-electron chi connectivity index (χ0n) is 8.00. The van der Waals surface area contributed by atoms with E-state index in [0.29, 0.717) is 11.3 Å². The Morgan fingerprint density at radius 1 is 1.57 bits per heavy atom. The van der Waals surface area contributed by atoms with E-state index in [9.17, 15) is 4.79 Å². The Morgan fingerprint density at radius 2 is 2.36 bits per heavy atom. The van der Waals surface area contributed by atoms with Crippen LogP contribution in [0.4, 0.5) is 0 Å². The van der Waals surface area contributed by atoms with Gasteiger partial charge in [-0.1, -0.05) is 0 Å². The number of methoxy groups -OCH3 is 1. The molecule has 2 rings (SSSR count). The second kappa shape index (κ2) is 3.14. The van der Waals surface area contributed by atoms with Crippen LogP contribution in [0.3, 0.4) is 0 Å². The van der Waals surface area contributed by atoms with Gasteiger partial charge in [-0.05, 0) is 24.6 Å². The van der Waals surface area contributed by atoms with Crippen molar-refractivity contribution in [3.8, 4) is 0 Å². The lowest BCUT2D eigenvalue weighted by atomic mass is 10.2. The van der Waals surface area contributed by atoms with Gasteiger partial charge in [0, 0.05) is 11.6 Å². The van der Waals surface area contributed by atoms with Gasteiger partial charge < -0.3 is 9.72 Å². The molecule has 0 bridgehead atoms. The van der Waals surface area contributed by atoms with Crippen molar-refractivity contribution in [2.45, 2.75) is 6.92 Å². The average molecular weight is 190 g/mol. The van der Waals surface area contributed by atoms with E-state index in [1.807, 2.05) is 19.1 Å². The highest BCUT2D eigenvalue weighted by atomic mass is 16.5. The lowest BCUT2D eigenvalue weighted by Crippen LogP contribution is -2.06. The molecule has 0 aliphatic rings. The third kappa shape index (κ3) is 1.25. The molecule has 0 amide bonds. The summed E-state index contributed by atoms with van der Waals surface area (Å²) >= 11 is 0. The normalized spacial score (nSPS) is 10.4. The Morgan fingerprint density at radius 3 is 3.07 bits per heavy atom. The highest BCUT2D eigenvalue weighted by molar-refractivity contribution is 5.92. The van der Waals surface area contributed by atoms with E-state index in [0.717, 1.165) is 10.9 Å². The Bertz CT molecular complexity index is 488. The Balaban J connectivity index is 2.64. The maximum absolute atomic E-state index is 11.3. The minimum absolute atomic E-state index is 0.363. The lowest BCUT2D eigenvalue weighted by molar-refractivity contribution is 0.0593. The zero-order chi connectivity index (χ0) is 10.1. The SMILES string of the molecule is COC(=O)c1nc2[nH]ccc2cc1C. The highest BCUT2D eigenvalue weighted by Crippen LogP contribution is 2.15. The van der Waals surface area contributed by atoms with Crippen molar-refractivity contribution in [1.29, 1.82) is 0 Å². The van der Waals surface area contributed by atoms with Gasteiger partial charge in [0.1, 0.15) is 5.65 Å². The summed E-state index contributed by atoms with van der Waals surface area (Å²) < 4.78 is 4.63. The van der Waals surface area contributed by atoms with E-state index in [4.69, 9.17) is 0 Å². The van der Waals surface area contributed by atoms with Crippen LogP contribution >= 0.6 is 0 Å². The lowest BCUT2D eigenvalue weighted by Gasteiger charge is -2.02. The van der Waals surface area contributed by atoms with Crippen LogP contribution in [-0.4, -0.2) is 23.0 Å². The van der Waals surface area contributed by atoms with E-state index in [1.165, 1.54) is 7.11 Å². The number of H-pyrrole nitrogens is 1. The molecular formula is C10H10N2O2. The molecule has 0 saturated carbocycles. The van der Waals surface area contributed by atoms with Gasteiger partial charge >= 0.3 is 5.97 Å². The third-order valence-electron chi connectivity index (χ3n) is 2.10. The molecule has 0 atom stereocenters. The summed E-state index contributed by atoms with van der Waals surface area (Å²) in [5, 5.41) is 0.996. The number of nitrogens with one attached hydrogen (secondary N) is 1. The van der Waals surface area contributed by atoms with E-state index >= 15 is 0 Å².